The molecule has 0 saturated carbocycles. The normalized spacial score (nSPS) is 17.0. The van der Waals surface area contributed by atoms with Crippen LogP contribution in [0.3, 0.4) is 0 Å². The molecule has 1 aliphatic heterocycles. The first-order chi connectivity index (χ1) is 10.2. The third-order valence-electron chi connectivity index (χ3n) is 3.82. The van der Waals surface area contributed by atoms with Crippen molar-refractivity contribution < 1.29 is 14.6 Å². The molecule has 5 heteroatoms. The van der Waals surface area contributed by atoms with Gasteiger partial charge in [0, 0.05) is 26.2 Å². The van der Waals surface area contributed by atoms with Gasteiger partial charge in [0.05, 0.1) is 19.3 Å². The lowest BCUT2D eigenvalue weighted by molar-refractivity contribution is -0.131. The van der Waals surface area contributed by atoms with Crippen LogP contribution >= 0.6 is 0 Å². The summed E-state index contributed by atoms with van der Waals surface area (Å²) in [5, 5.41) is 12.8. The second-order valence-electron chi connectivity index (χ2n) is 5.86. The van der Waals surface area contributed by atoms with Gasteiger partial charge in [-0.2, -0.15) is 0 Å². The molecule has 1 fully saturated rings. The number of carbonyl (C=O) groups excluding carboxylic acids is 1. The molecule has 1 amide bonds. The van der Waals surface area contributed by atoms with Gasteiger partial charge in [-0.15, -0.1) is 0 Å². The Hall–Kier alpha value is -0.650. The largest absolute Gasteiger partial charge is 0.389 e. The summed E-state index contributed by atoms with van der Waals surface area (Å²) in [7, 11) is 0. The van der Waals surface area contributed by atoms with E-state index in [1.807, 2.05) is 4.90 Å². The van der Waals surface area contributed by atoms with Crippen molar-refractivity contribution in [1.29, 1.82) is 0 Å². The number of aliphatic hydroxyl groups is 1. The van der Waals surface area contributed by atoms with E-state index in [1.165, 1.54) is 25.7 Å². The standard InChI is InChI=1S/C16H32N2O3/c1-2-3-4-8-11-21-14-15(19)12-17-13-16(20)18-9-6-5-7-10-18/h15,17,19H,2-14H2,1H3. The van der Waals surface area contributed by atoms with Crippen LogP contribution < -0.4 is 5.32 Å². The van der Waals surface area contributed by atoms with Crippen molar-refractivity contribution >= 4 is 5.91 Å². The van der Waals surface area contributed by atoms with Crippen molar-refractivity contribution in [3.63, 3.8) is 0 Å². The van der Waals surface area contributed by atoms with Crippen molar-refractivity contribution in [3.8, 4) is 0 Å². The maximum absolute atomic E-state index is 11.9. The zero-order valence-corrected chi connectivity index (χ0v) is 13.5. The molecule has 21 heavy (non-hydrogen) atoms. The second kappa shape index (κ2) is 12.0. The van der Waals surface area contributed by atoms with Crippen LogP contribution in [0.5, 0.6) is 0 Å². The van der Waals surface area contributed by atoms with Gasteiger partial charge in [-0.25, -0.2) is 0 Å². The number of ether oxygens (including phenoxy) is 1. The van der Waals surface area contributed by atoms with E-state index in [0.717, 1.165) is 32.4 Å². The molecule has 1 saturated heterocycles. The molecule has 0 aromatic rings. The van der Waals surface area contributed by atoms with Gasteiger partial charge in [-0.3, -0.25) is 4.79 Å². The highest BCUT2D eigenvalue weighted by atomic mass is 16.5. The minimum Gasteiger partial charge on any atom is -0.389 e. The van der Waals surface area contributed by atoms with E-state index in [4.69, 9.17) is 4.74 Å². The smallest absolute Gasteiger partial charge is 0.236 e. The molecule has 2 N–H and O–H groups in total. The molecule has 0 radical (unpaired) electrons. The van der Waals surface area contributed by atoms with Crippen LogP contribution in [0.4, 0.5) is 0 Å². The number of nitrogens with one attached hydrogen (secondary N) is 1. The molecule has 5 nitrogen and oxygen atoms in total. The van der Waals surface area contributed by atoms with Gasteiger partial charge in [0.1, 0.15) is 0 Å². The summed E-state index contributed by atoms with van der Waals surface area (Å²) in [6.45, 7) is 5.72. The van der Waals surface area contributed by atoms with Gasteiger partial charge in [0.15, 0.2) is 0 Å². The van der Waals surface area contributed by atoms with Crippen molar-refractivity contribution in [1.82, 2.24) is 10.2 Å². The summed E-state index contributed by atoms with van der Waals surface area (Å²) in [6, 6.07) is 0. The van der Waals surface area contributed by atoms with E-state index in [2.05, 4.69) is 12.2 Å². The molecular weight excluding hydrogens is 268 g/mol. The Bertz CT molecular complexity index is 268. The van der Waals surface area contributed by atoms with Gasteiger partial charge >= 0.3 is 0 Å². The summed E-state index contributed by atoms with van der Waals surface area (Å²) in [6.07, 6.45) is 7.62. The number of piperidine rings is 1. The Morgan fingerprint density at radius 1 is 1.24 bits per heavy atom. The van der Waals surface area contributed by atoms with Crippen LogP contribution in [-0.2, 0) is 9.53 Å². The van der Waals surface area contributed by atoms with Gasteiger partial charge in [0.25, 0.3) is 0 Å². The SMILES string of the molecule is CCCCCCOCC(O)CNCC(=O)N1CCCCC1. The third kappa shape index (κ3) is 9.06. The van der Waals surface area contributed by atoms with Crippen molar-refractivity contribution in [2.45, 2.75) is 58.0 Å². The van der Waals surface area contributed by atoms with Crippen LogP contribution in [0.2, 0.25) is 0 Å². The zero-order chi connectivity index (χ0) is 15.3. The number of amides is 1. The number of hydrogen-bond acceptors (Lipinski definition) is 4. The van der Waals surface area contributed by atoms with E-state index < -0.39 is 6.10 Å². The minimum absolute atomic E-state index is 0.141. The highest BCUT2D eigenvalue weighted by Gasteiger charge is 2.16. The van der Waals surface area contributed by atoms with Gasteiger partial charge in [-0.1, -0.05) is 26.2 Å². The number of nitrogens with zero attached hydrogens (tertiary/aromatic N) is 1. The fourth-order valence-corrected chi connectivity index (χ4v) is 2.51. The summed E-state index contributed by atoms with van der Waals surface area (Å²) >= 11 is 0. The third-order valence-corrected chi connectivity index (χ3v) is 3.82. The Morgan fingerprint density at radius 2 is 2.00 bits per heavy atom. The number of unbranched alkanes of at least 4 members (excludes halogenated alkanes) is 3. The molecular formula is C16H32N2O3. The Kier molecular flexibility index (Phi) is 10.5. The summed E-state index contributed by atoms with van der Waals surface area (Å²) in [5.41, 5.74) is 0. The van der Waals surface area contributed by atoms with Gasteiger partial charge in [0.2, 0.25) is 5.91 Å². The lowest BCUT2D eigenvalue weighted by Crippen LogP contribution is -2.43. The highest BCUT2D eigenvalue weighted by molar-refractivity contribution is 5.78. The fraction of sp³-hybridized carbons (Fsp3) is 0.938. The van der Waals surface area contributed by atoms with Crippen LogP contribution in [0.25, 0.3) is 0 Å². The average molecular weight is 300 g/mol. The molecule has 0 aromatic carbocycles. The quantitative estimate of drug-likeness (QED) is 0.568. The van der Waals surface area contributed by atoms with E-state index in [0.29, 0.717) is 26.3 Å². The number of carbonyl (C=O) groups is 1. The van der Waals surface area contributed by atoms with Crippen molar-refractivity contribution in [2.75, 3.05) is 39.4 Å². The van der Waals surface area contributed by atoms with Crippen molar-refractivity contribution in [2.24, 2.45) is 0 Å². The molecule has 1 atom stereocenters. The summed E-state index contributed by atoms with van der Waals surface area (Å²) < 4.78 is 5.43. The van der Waals surface area contributed by atoms with E-state index in [-0.39, 0.29) is 5.91 Å². The van der Waals surface area contributed by atoms with Crippen molar-refractivity contribution in [3.05, 3.63) is 0 Å². The number of aliphatic hydroxyl groups excluding tert-OH is 1. The lowest BCUT2D eigenvalue weighted by Gasteiger charge is -2.27. The predicted octanol–water partition coefficient (Wildman–Crippen LogP) is 1.55. The first-order valence-corrected chi connectivity index (χ1v) is 8.48. The van der Waals surface area contributed by atoms with Crippen LogP contribution in [0.1, 0.15) is 51.9 Å². The topological polar surface area (TPSA) is 61.8 Å². The molecule has 124 valence electrons. The zero-order valence-electron chi connectivity index (χ0n) is 13.5. The molecule has 0 spiro atoms. The molecule has 0 bridgehead atoms. The maximum atomic E-state index is 11.9. The monoisotopic (exact) mass is 300 g/mol. The first-order valence-electron chi connectivity index (χ1n) is 8.48. The van der Waals surface area contributed by atoms with E-state index >= 15 is 0 Å². The number of hydrogen-bond donors (Lipinski definition) is 2. The molecule has 0 aromatic heterocycles. The fourth-order valence-electron chi connectivity index (χ4n) is 2.51. The van der Waals surface area contributed by atoms with Crippen LogP contribution in [0.15, 0.2) is 0 Å². The Balaban J connectivity index is 1.94. The van der Waals surface area contributed by atoms with Gasteiger partial charge in [-0.05, 0) is 25.7 Å². The Morgan fingerprint density at radius 3 is 2.71 bits per heavy atom. The van der Waals surface area contributed by atoms with Gasteiger partial charge < -0.3 is 20.1 Å². The molecule has 0 aliphatic carbocycles. The lowest BCUT2D eigenvalue weighted by atomic mass is 10.1. The van der Waals surface area contributed by atoms with E-state index in [9.17, 15) is 9.90 Å². The summed E-state index contributed by atoms with van der Waals surface area (Å²) in [4.78, 5) is 13.8. The number of likely N-dealkylation sites (tertiary alicyclic amines) is 1. The molecule has 1 rings (SSSR count). The van der Waals surface area contributed by atoms with E-state index in [1.54, 1.807) is 0 Å². The second-order valence-corrected chi connectivity index (χ2v) is 5.86. The highest BCUT2D eigenvalue weighted by Crippen LogP contribution is 2.08. The van der Waals surface area contributed by atoms with Crippen LogP contribution in [0, 0.1) is 0 Å². The predicted molar refractivity (Wildman–Crippen MR) is 84.3 cm³/mol. The summed E-state index contributed by atoms with van der Waals surface area (Å²) in [5.74, 6) is 0.141. The Labute approximate surface area is 129 Å². The number of rotatable bonds is 11. The average Bonchev–Trinajstić information content (AvgIpc) is 2.51. The molecule has 1 aliphatic rings. The molecule has 1 unspecified atom stereocenters. The first kappa shape index (κ1) is 18.4. The molecule has 1 heterocycles. The minimum atomic E-state index is -0.537. The maximum Gasteiger partial charge on any atom is 0.236 e. The van der Waals surface area contributed by atoms with Crippen LogP contribution in [-0.4, -0.2) is 61.4 Å².